The molecule has 2 atom stereocenters. The van der Waals surface area contributed by atoms with E-state index in [1.807, 2.05) is 60.7 Å². The molecule has 5 rings (SSSR count). The number of ether oxygens (including phenoxy) is 3. The lowest BCUT2D eigenvalue weighted by atomic mass is 9.78. The lowest BCUT2D eigenvalue weighted by Crippen LogP contribution is -2.27. The van der Waals surface area contributed by atoms with Crippen molar-refractivity contribution in [2.24, 2.45) is 0 Å². The first kappa shape index (κ1) is 25.2. The fourth-order valence-electron chi connectivity index (χ4n) is 5.28. The van der Waals surface area contributed by atoms with Crippen LogP contribution in [0.3, 0.4) is 0 Å². The Kier molecular flexibility index (Phi) is 6.96. The number of carbonyl (C=O) groups is 2. The molecule has 8 nitrogen and oxygen atoms in total. The maximum absolute atomic E-state index is 13.9. The first-order valence-electron chi connectivity index (χ1n) is 12.5. The average molecular weight is 514 g/mol. The first-order chi connectivity index (χ1) is 18.4. The highest BCUT2D eigenvalue weighted by molar-refractivity contribution is 6.01. The third kappa shape index (κ3) is 4.77. The van der Waals surface area contributed by atoms with Gasteiger partial charge in [-0.1, -0.05) is 24.3 Å². The quantitative estimate of drug-likeness (QED) is 0.392. The Bertz CT molecular complexity index is 1390. The van der Waals surface area contributed by atoms with Crippen LogP contribution in [0, 0.1) is 0 Å². The van der Waals surface area contributed by atoms with Gasteiger partial charge < -0.3 is 30.2 Å². The lowest BCUT2D eigenvalue weighted by Gasteiger charge is -2.30. The van der Waals surface area contributed by atoms with Gasteiger partial charge in [0, 0.05) is 30.3 Å². The van der Waals surface area contributed by atoms with E-state index in [0.717, 1.165) is 33.8 Å². The van der Waals surface area contributed by atoms with Gasteiger partial charge in [0.1, 0.15) is 0 Å². The molecule has 196 valence electrons. The summed E-state index contributed by atoms with van der Waals surface area (Å²) in [7, 11) is 4.75. The van der Waals surface area contributed by atoms with Gasteiger partial charge in [0.2, 0.25) is 11.7 Å². The summed E-state index contributed by atoms with van der Waals surface area (Å²) in [5.74, 6) is 1.51. The number of amides is 1. The summed E-state index contributed by atoms with van der Waals surface area (Å²) >= 11 is 0. The minimum Gasteiger partial charge on any atom is -0.493 e. The van der Waals surface area contributed by atoms with E-state index in [1.165, 1.54) is 6.92 Å². The van der Waals surface area contributed by atoms with Gasteiger partial charge in [-0.3, -0.25) is 9.59 Å². The Balaban J connectivity index is 1.56. The fraction of sp³-hybridized carbons (Fsp3) is 0.267. The van der Waals surface area contributed by atoms with Crippen molar-refractivity contribution in [3.05, 3.63) is 83.1 Å². The number of rotatable bonds is 6. The zero-order valence-electron chi connectivity index (χ0n) is 21.9. The molecule has 3 aromatic carbocycles. The predicted octanol–water partition coefficient (Wildman–Crippen LogP) is 5.65. The van der Waals surface area contributed by atoms with Crippen LogP contribution >= 0.6 is 0 Å². The van der Waals surface area contributed by atoms with E-state index in [0.29, 0.717) is 35.8 Å². The van der Waals surface area contributed by atoms with Crippen LogP contribution in [0.25, 0.3) is 0 Å². The maximum Gasteiger partial charge on any atom is 0.221 e. The molecule has 3 N–H and O–H groups in total. The summed E-state index contributed by atoms with van der Waals surface area (Å²) in [6.07, 6.45) is 0.980. The van der Waals surface area contributed by atoms with Crippen molar-refractivity contribution in [1.82, 2.24) is 0 Å². The monoisotopic (exact) mass is 513 g/mol. The summed E-state index contributed by atoms with van der Waals surface area (Å²) in [5, 5.41) is 9.95. The zero-order valence-corrected chi connectivity index (χ0v) is 21.9. The largest absolute Gasteiger partial charge is 0.493 e. The second-order valence-electron chi connectivity index (χ2n) is 9.43. The van der Waals surface area contributed by atoms with Crippen molar-refractivity contribution in [2.45, 2.75) is 31.7 Å². The molecule has 0 saturated carbocycles. The third-order valence-corrected chi connectivity index (χ3v) is 7.03. The number of fused-ring (bicyclic) bond motifs is 1. The standard InChI is InChI=1S/C30H31N3O5/c1-17(34)31-21-11-9-18(10-12-21)29-28-24(32-22-7-5-6-8-23(22)33-29)13-19(14-25(28)35)20-15-26(36-2)30(38-4)27(16-20)37-3/h5-12,15-16,19,29,32-33H,13-14H2,1-4H3,(H,31,34)/t19-,29-/m1/s1. The van der Waals surface area contributed by atoms with Crippen LogP contribution in [0.15, 0.2) is 71.9 Å². The van der Waals surface area contributed by atoms with Gasteiger partial charge in [-0.2, -0.15) is 0 Å². The second kappa shape index (κ2) is 10.5. The molecule has 0 bridgehead atoms. The lowest BCUT2D eigenvalue weighted by molar-refractivity contribution is -0.116. The molecule has 1 aliphatic carbocycles. The molecule has 0 saturated heterocycles. The molecule has 3 aromatic rings. The van der Waals surface area contributed by atoms with Gasteiger partial charge in [-0.25, -0.2) is 0 Å². The number of allylic oxidation sites excluding steroid dienone is 1. The molecule has 1 amide bonds. The summed E-state index contributed by atoms with van der Waals surface area (Å²) in [5.41, 5.74) is 6.02. The number of hydrogen-bond acceptors (Lipinski definition) is 7. The van der Waals surface area contributed by atoms with Crippen LogP contribution in [-0.4, -0.2) is 33.0 Å². The topological polar surface area (TPSA) is 97.9 Å². The van der Waals surface area contributed by atoms with Crippen molar-refractivity contribution in [3.8, 4) is 17.2 Å². The van der Waals surface area contributed by atoms with Crippen LogP contribution in [0.4, 0.5) is 17.1 Å². The van der Waals surface area contributed by atoms with Gasteiger partial charge in [-0.15, -0.1) is 0 Å². The second-order valence-corrected chi connectivity index (χ2v) is 9.43. The third-order valence-electron chi connectivity index (χ3n) is 7.03. The molecule has 0 spiro atoms. The van der Waals surface area contributed by atoms with E-state index in [1.54, 1.807) is 21.3 Å². The molecule has 2 aliphatic rings. The molecular formula is C30H31N3O5. The number of benzene rings is 3. The number of carbonyl (C=O) groups excluding carboxylic acids is 2. The van der Waals surface area contributed by atoms with Crippen molar-refractivity contribution in [3.63, 3.8) is 0 Å². The minimum atomic E-state index is -0.346. The van der Waals surface area contributed by atoms with E-state index in [4.69, 9.17) is 14.2 Å². The predicted molar refractivity (Wildman–Crippen MR) is 147 cm³/mol. The summed E-state index contributed by atoms with van der Waals surface area (Å²) in [6.45, 7) is 1.48. The van der Waals surface area contributed by atoms with Crippen LogP contribution in [0.1, 0.15) is 42.9 Å². The summed E-state index contributed by atoms with van der Waals surface area (Å²) < 4.78 is 16.6. The van der Waals surface area contributed by atoms with E-state index < -0.39 is 0 Å². The van der Waals surface area contributed by atoms with Gasteiger partial charge >= 0.3 is 0 Å². The van der Waals surface area contributed by atoms with Crippen LogP contribution in [-0.2, 0) is 9.59 Å². The first-order valence-corrected chi connectivity index (χ1v) is 12.5. The SMILES string of the molecule is COc1cc([C@H]2CC(=O)C3=C(C2)Nc2ccccc2N[C@@H]3c2ccc(NC(C)=O)cc2)cc(OC)c1OC. The Hall–Kier alpha value is -4.46. The number of nitrogens with one attached hydrogen (secondary N) is 3. The van der Waals surface area contributed by atoms with Crippen molar-refractivity contribution in [1.29, 1.82) is 0 Å². The van der Waals surface area contributed by atoms with E-state index in [2.05, 4.69) is 16.0 Å². The Morgan fingerprint density at radius 2 is 1.53 bits per heavy atom. The van der Waals surface area contributed by atoms with E-state index in [-0.39, 0.29) is 23.7 Å². The molecule has 1 aliphatic heterocycles. The van der Waals surface area contributed by atoms with Crippen molar-refractivity contribution in [2.75, 3.05) is 37.3 Å². The minimum absolute atomic E-state index is 0.0637. The van der Waals surface area contributed by atoms with Crippen molar-refractivity contribution >= 4 is 28.8 Å². The zero-order chi connectivity index (χ0) is 26.8. The Morgan fingerprint density at radius 3 is 2.13 bits per heavy atom. The number of anilines is 3. The highest BCUT2D eigenvalue weighted by Crippen LogP contribution is 2.47. The van der Waals surface area contributed by atoms with Gasteiger partial charge in [0.15, 0.2) is 17.3 Å². The molecule has 0 radical (unpaired) electrons. The highest BCUT2D eigenvalue weighted by atomic mass is 16.5. The van der Waals surface area contributed by atoms with Crippen LogP contribution in [0.2, 0.25) is 0 Å². The Morgan fingerprint density at radius 1 is 0.868 bits per heavy atom. The number of para-hydroxylation sites is 2. The van der Waals surface area contributed by atoms with Gasteiger partial charge in [0.05, 0.1) is 38.7 Å². The molecule has 0 fully saturated rings. The molecule has 0 aromatic heterocycles. The van der Waals surface area contributed by atoms with Crippen molar-refractivity contribution < 1.29 is 23.8 Å². The Labute approximate surface area is 222 Å². The number of methoxy groups -OCH3 is 3. The fourth-order valence-corrected chi connectivity index (χ4v) is 5.28. The molecule has 8 heteroatoms. The van der Waals surface area contributed by atoms with Crippen LogP contribution < -0.4 is 30.2 Å². The molecule has 38 heavy (non-hydrogen) atoms. The van der Waals surface area contributed by atoms with E-state index in [9.17, 15) is 9.59 Å². The van der Waals surface area contributed by atoms with Crippen LogP contribution in [0.5, 0.6) is 17.2 Å². The smallest absolute Gasteiger partial charge is 0.221 e. The normalized spacial score (nSPS) is 18.3. The molecule has 1 heterocycles. The molecular weight excluding hydrogens is 482 g/mol. The highest BCUT2D eigenvalue weighted by Gasteiger charge is 2.36. The van der Waals surface area contributed by atoms with Gasteiger partial charge in [0.25, 0.3) is 0 Å². The number of hydrogen-bond donors (Lipinski definition) is 3. The maximum atomic E-state index is 13.9. The number of ketones is 1. The number of Topliss-reactive ketones (excluding diaryl/α,β-unsaturated/α-hetero) is 1. The summed E-state index contributed by atoms with van der Waals surface area (Å²) in [6, 6.07) is 19.0. The van der Waals surface area contributed by atoms with E-state index >= 15 is 0 Å². The van der Waals surface area contributed by atoms with Gasteiger partial charge in [-0.05, 0) is 59.9 Å². The average Bonchev–Trinajstić information content (AvgIpc) is 3.09. The molecule has 0 unspecified atom stereocenters. The summed E-state index contributed by atoms with van der Waals surface area (Å²) in [4.78, 5) is 25.3.